The molecule has 2 unspecified atom stereocenters. The summed E-state index contributed by atoms with van der Waals surface area (Å²) in [7, 11) is 0. The fourth-order valence-corrected chi connectivity index (χ4v) is 2.25. The van der Waals surface area contributed by atoms with E-state index in [1.54, 1.807) is 6.07 Å². The number of halogens is 2. The molecule has 1 heterocycles. The third-order valence-corrected chi connectivity index (χ3v) is 3.07. The number of rotatable bonds is 1. The number of anilines is 1. The Bertz CT molecular complexity index is 385. The summed E-state index contributed by atoms with van der Waals surface area (Å²) in [5.74, 6) is 0.205. The number of hydrogen-bond acceptors (Lipinski definition) is 3. The van der Waals surface area contributed by atoms with Crippen LogP contribution in [0.4, 0.5) is 10.2 Å². The van der Waals surface area contributed by atoms with Crippen LogP contribution in [0.15, 0.2) is 12.3 Å². The maximum Gasteiger partial charge on any atom is 0.141 e. The molecule has 15 heavy (non-hydrogen) atoms. The summed E-state index contributed by atoms with van der Waals surface area (Å²) in [6.45, 7) is 0. The summed E-state index contributed by atoms with van der Waals surface area (Å²) < 4.78 is 14.5. The molecule has 0 radical (unpaired) electrons. The van der Waals surface area contributed by atoms with Gasteiger partial charge in [0.25, 0.3) is 0 Å². The molecule has 5 heteroatoms. The molecule has 2 atom stereocenters. The predicted molar refractivity (Wildman–Crippen MR) is 58.3 cm³/mol. The largest absolute Gasteiger partial charge is 0.383 e. The van der Waals surface area contributed by atoms with Gasteiger partial charge >= 0.3 is 0 Å². The maximum atomic E-state index is 14.5. The van der Waals surface area contributed by atoms with E-state index in [-0.39, 0.29) is 11.9 Å². The van der Waals surface area contributed by atoms with Crippen molar-refractivity contribution < 1.29 is 4.39 Å². The minimum Gasteiger partial charge on any atom is -0.383 e. The van der Waals surface area contributed by atoms with Crippen molar-refractivity contribution in [3.63, 3.8) is 0 Å². The van der Waals surface area contributed by atoms with Crippen molar-refractivity contribution in [2.75, 3.05) is 5.73 Å². The van der Waals surface area contributed by atoms with E-state index in [0.29, 0.717) is 29.8 Å². The van der Waals surface area contributed by atoms with Crippen LogP contribution in [0.25, 0.3) is 0 Å². The predicted octanol–water partition coefficient (Wildman–Crippen LogP) is 1.99. The standard InChI is InChI=1S/C10H13ClFN3/c11-6-3-8(9(14)15-5-6)10(12)2-1-7(13)4-10/h3,5,7H,1-2,4,13H2,(H2,14,15). The number of alkyl halides is 1. The van der Waals surface area contributed by atoms with Gasteiger partial charge in [0.15, 0.2) is 0 Å². The first kappa shape index (κ1) is 10.6. The third kappa shape index (κ3) is 1.92. The Morgan fingerprint density at radius 1 is 1.60 bits per heavy atom. The molecule has 1 fully saturated rings. The van der Waals surface area contributed by atoms with E-state index >= 15 is 0 Å². The Morgan fingerprint density at radius 3 is 2.93 bits per heavy atom. The summed E-state index contributed by atoms with van der Waals surface area (Å²) in [4.78, 5) is 3.86. The Hall–Kier alpha value is -0.870. The van der Waals surface area contributed by atoms with Crippen molar-refractivity contribution in [1.82, 2.24) is 4.98 Å². The average Bonchev–Trinajstić information content (AvgIpc) is 2.52. The van der Waals surface area contributed by atoms with Gasteiger partial charge < -0.3 is 11.5 Å². The summed E-state index contributed by atoms with van der Waals surface area (Å²) in [6, 6.07) is 1.44. The maximum absolute atomic E-state index is 14.5. The normalized spacial score (nSPS) is 30.7. The van der Waals surface area contributed by atoms with Crippen molar-refractivity contribution in [3.8, 4) is 0 Å². The zero-order chi connectivity index (χ0) is 11.1. The van der Waals surface area contributed by atoms with Gasteiger partial charge in [0.2, 0.25) is 0 Å². The molecule has 0 spiro atoms. The van der Waals surface area contributed by atoms with Crippen molar-refractivity contribution in [2.24, 2.45) is 5.73 Å². The average molecular weight is 230 g/mol. The molecule has 1 saturated carbocycles. The lowest BCUT2D eigenvalue weighted by atomic mass is 9.94. The zero-order valence-electron chi connectivity index (χ0n) is 8.21. The van der Waals surface area contributed by atoms with Gasteiger partial charge in [-0.3, -0.25) is 0 Å². The highest BCUT2D eigenvalue weighted by atomic mass is 35.5. The van der Waals surface area contributed by atoms with E-state index in [0.717, 1.165) is 0 Å². The molecule has 1 aromatic rings. The Kier molecular flexibility index (Phi) is 2.56. The minimum atomic E-state index is -1.46. The smallest absolute Gasteiger partial charge is 0.141 e. The molecular weight excluding hydrogens is 217 g/mol. The molecular formula is C10H13ClFN3. The second-order valence-electron chi connectivity index (χ2n) is 4.05. The number of hydrogen-bond donors (Lipinski definition) is 2. The van der Waals surface area contributed by atoms with E-state index in [9.17, 15) is 4.39 Å². The number of nitrogens with two attached hydrogens (primary N) is 2. The highest BCUT2D eigenvalue weighted by Gasteiger charge is 2.41. The molecule has 1 aromatic heterocycles. The quantitative estimate of drug-likeness (QED) is 0.774. The highest BCUT2D eigenvalue weighted by Crippen LogP contribution is 2.44. The van der Waals surface area contributed by atoms with Gasteiger partial charge in [0.1, 0.15) is 11.5 Å². The third-order valence-electron chi connectivity index (χ3n) is 2.86. The molecule has 2 rings (SSSR count). The number of nitrogen functional groups attached to an aromatic ring is 1. The van der Waals surface area contributed by atoms with Gasteiger partial charge in [-0.05, 0) is 18.9 Å². The first-order chi connectivity index (χ1) is 7.01. The van der Waals surface area contributed by atoms with Crippen molar-refractivity contribution in [3.05, 3.63) is 22.8 Å². The van der Waals surface area contributed by atoms with Gasteiger partial charge in [0.05, 0.1) is 5.02 Å². The molecule has 0 amide bonds. The fourth-order valence-electron chi connectivity index (χ4n) is 2.09. The second-order valence-corrected chi connectivity index (χ2v) is 4.49. The van der Waals surface area contributed by atoms with Crippen LogP contribution in [0.1, 0.15) is 24.8 Å². The summed E-state index contributed by atoms with van der Waals surface area (Å²) in [6.07, 6.45) is 2.76. The molecule has 0 aliphatic heterocycles. The lowest BCUT2D eigenvalue weighted by molar-refractivity contribution is 0.173. The molecule has 1 aliphatic rings. The molecule has 3 nitrogen and oxygen atoms in total. The van der Waals surface area contributed by atoms with Crippen molar-refractivity contribution in [1.29, 1.82) is 0 Å². The topological polar surface area (TPSA) is 64.9 Å². The first-order valence-corrected chi connectivity index (χ1v) is 5.25. The van der Waals surface area contributed by atoms with Gasteiger partial charge in [-0.1, -0.05) is 11.6 Å². The number of pyridine rings is 1. The Balaban J connectivity index is 2.40. The van der Waals surface area contributed by atoms with Gasteiger partial charge in [0, 0.05) is 24.2 Å². The van der Waals surface area contributed by atoms with Gasteiger partial charge in [-0.2, -0.15) is 0 Å². The van der Waals surface area contributed by atoms with Crippen LogP contribution >= 0.6 is 11.6 Å². The molecule has 0 saturated heterocycles. The monoisotopic (exact) mass is 229 g/mol. The van der Waals surface area contributed by atoms with Crippen LogP contribution in [0, 0.1) is 0 Å². The van der Waals surface area contributed by atoms with E-state index in [4.69, 9.17) is 23.1 Å². The SMILES string of the molecule is Nc1ncc(Cl)cc1C1(F)CCC(N)C1. The van der Waals surface area contributed by atoms with Crippen LogP contribution in [0.3, 0.4) is 0 Å². The minimum absolute atomic E-state index is 0.103. The van der Waals surface area contributed by atoms with Gasteiger partial charge in [-0.15, -0.1) is 0 Å². The Labute approximate surface area is 92.6 Å². The van der Waals surface area contributed by atoms with E-state index in [1.165, 1.54) is 6.20 Å². The zero-order valence-corrected chi connectivity index (χ0v) is 8.97. The molecule has 1 aliphatic carbocycles. The van der Waals surface area contributed by atoms with Crippen LogP contribution < -0.4 is 11.5 Å². The van der Waals surface area contributed by atoms with Crippen molar-refractivity contribution >= 4 is 17.4 Å². The van der Waals surface area contributed by atoms with Crippen LogP contribution in [0.5, 0.6) is 0 Å². The molecule has 0 aromatic carbocycles. The molecule has 4 N–H and O–H groups in total. The fraction of sp³-hybridized carbons (Fsp3) is 0.500. The summed E-state index contributed by atoms with van der Waals surface area (Å²) in [5, 5.41) is 0.400. The van der Waals surface area contributed by atoms with E-state index in [1.807, 2.05) is 0 Å². The molecule has 0 bridgehead atoms. The van der Waals surface area contributed by atoms with Crippen molar-refractivity contribution in [2.45, 2.75) is 31.0 Å². The van der Waals surface area contributed by atoms with E-state index in [2.05, 4.69) is 4.98 Å². The Morgan fingerprint density at radius 2 is 2.33 bits per heavy atom. The number of nitrogens with zero attached hydrogens (tertiary/aromatic N) is 1. The lowest BCUT2D eigenvalue weighted by Crippen LogP contribution is -2.22. The molecule has 82 valence electrons. The van der Waals surface area contributed by atoms with Crippen LogP contribution in [-0.4, -0.2) is 11.0 Å². The lowest BCUT2D eigenvalue weighted by Gasteiger charge is -2.21. The van der Waals surface area contributed by atoms with Crippen LogP contribution in [-0.2, 0) is 5.67 Å². The van der Waals surface area contributed by atoms with Crippen LogP contribution in [0.2, 0.25) is 5.02 Å². The first-order valence-electron chi connectivity index (χ1n) is 4.87. The van der Waals surface area contributed by atoms with E-state index < -0.39 is 5.67 Å². The summed E-state index contributed by atoms with van der Waals surface area (Å²) >= 11 is 5.78. The summed E-state index contributed by atoms with van der Waals surface area (Å²) in [5.41, 5.74) is 10.3. The van der Waals surface area contributed by atoms with Gasteiger partial charge in [-0.25, -0.2) is 9.37 Å². The number of aromatic nitrogens is 1. The second kappa shape index (κ2) is 3.61. The highest BCUT2D eigenvalue weighted by molar-refractivity contribution is 6.30.